The molecule has 2 rings (SSSR count). The number of sulfone groups is 1. The number of carbonyl (C=O) groups is 1. The zero-order valence-electron chi connectivity index (χ0n) is 14.1. The third-order valence-electron chi connectivity index (χ3n) is 3.76. The van der Waals surface area contributed by atoms with E-state index in [1.54, 1.807) is 23.7 Å². The number of amides is 1. The predicted octanol–water partition coefficient (Wildman–Crippen LogP) is 3.88. The van der Waals surface area contributed by atoms with E-state index in [1.807, 2.05) is 30.5 Å². The second kappa shape index (κ2) is 8.74. The lowest BCUT2D eigenvalue weighted by Gasteiger charge is -2.17. The van der Waals surface area contributed by atoms with E-state index in [1.165, 1.54) is 24.3 Å². The second-order valence-electron chi connectivity index (χ2n) is 5.62. The van der Waals surface area contributed by atoms with E-state index in [0.717, 1.165) is 10.5 Å². The van der Waals surface area contributed by atoms with Crippen LogP contribution in [-0.4, -0.2) is 38.3 Å². The quantitative estimate of drug-likeness (QED) is 0.665. The fourth-order valence-electron chi connectivity index (χ4n) is 2.27. The number of benzene rings is 2. The van der Waals surface area contributed by atoms with Crippen LogP contribution in [0.4, 0.5) is 0 Å². The van der Waals surface area contributed by atoms with Gasteiger partial charge in [0.2, 0.25) is 5.91 Å². The second-order valence-corrected chi connectivity index (χ2v) is 9.05. The molecule has 1 amide bonds. The zero-order chi connectivity index (χ0) is 18.4. The van der Waals surface area contributed by atoms with Gasteiger partial charge in [-0.25, -0.2) is 8.42 Å². The summed E-state index contributed by atoms with van der Waals surface area (Å²) in [5, 5.41) is 0.474. The largest absolute Gasteiger partial charge is 0.341 e. The van der Waals surface area contributed by atoms with Crippen molar-refractivity contribution in [3.05, 3.63) is 59.1 Å². The van der Waals surface area contributed by atoms with Crippen molar-refractivity contribution in [2.75, 3.05) is 19.1 Å². The van der Waals surface area contributed by atoms with Gasteiger partial charge in [-0.3, -0.25) is 4.79 Å². The van der Waals surface area contributed by atoms with E-state index in [4.69, 9.17) is 11.6 Å². The van der Waals surface area contributed by atoms with E-state index in [-0.39, 0.29) is 23.0 Å². The average molecular weight is 398 g/mol. The fraction of sp³-hybridized carbons (Fsp3) is 0.278. The van der Waals surface area contributed by atoms with Gasteiger partial charge in [0.05, 0.1) is 10.6 Å². The number of hydrogen-bond donors (Lipinski definition) is 0. The fourth-order valence-corrected chi connectivity index (χ4v) is 4.03. The van der Waals surface area contributed by atoms with Gasteiger partial charge in [0.25, 0.3) is 0 Å². The van der Waals surface area contributed by atoms with Crippen molar-refractivity contribution in [2.45, 2.75) is 22.8 Å². The summed E-state index contributed by atoms with van der Waals surface area (Å²) < 4.78 is 24.6. The molecule has 0 radical (unpaired) electrons. The third-order valence-corrected chi connectivity index (χ3v) is 6.49. The van der Waals surface area contributed by atoms with Crippen molar-refractivity contribution in [2.24, 2.45) is 0 Å². The van der Waals surface area contributed by atoms with E-state index in [0.29, 0.717) is 11.6 Å². The molecule has 0 N–H and O–H groups in total. The van der Waals surface area contributed by atoms with Crippen LogP contribution >= 0.6 is 23.4 Å². The lowest BCUT2D eigenvalue weighted by molar-refractivity contribution is -0.130. The maximum Gasteiger partial charge on any atom is 0.223 e. The van der Waals surface area contributed by atoms with Crippen LogP contribution in [-0.2, 0) is 21.2 Å². The van der Waals surface area contributed by atoms with Crippen molar-refractivity contribution < 1.29 is 13.2 Å². The van der Waals surface area contributed by atoms with Crippen molar-refractivity contribution >= 4 is 39.1 Å². The van der Waals surface area contributed by atoms with Gasteiger partial charge >= 0.3 is 0 Å². The number of halogens is 1. The lowest BCUT2D eigenvalue weighted by atomic mass is 10.2. The van der Waals surface area contributed by atoms with Crippen LogP contribution in [0.2, 0.25) is 5.02 Å². The van der Waals surface area contributed by atoms with Crippen LogP contribution in [0.3, 0.4) is 0 Å². The molecule has 0 saturated carbocycles. The van der Waals surface area contributed by atoms with Crippen LogP contribution in [0, 0.1) is 0 Å². The standard InChI is InChI=1S/C18H20ClNO3S2/c1-20(13-14-3-7-16(24-2)8-4-14)18(21)11-12-25(22,23)17-9-5-15(19)6-10-17/h3-10H,11-13H2,1-2H3. The van der Waals surface area contributed by atoms with E-state index < -0.39 is 9.84 Å². The molecule has 2 aromatic rings. The molecule has 0 spiro atoms. The van der Waals surface area contributed by atoms with Gasteiger partial charge in [0.15, 0.2) is 9.84 Å². The summed E-state index contributed by atoms with van der Waals surface area (Å²) in [6.07, 6.45) is 1.95. The number of rotatable bonds is 7. The maximum absolute atomic E-state index is 12.3. The minimum Gasteiger partial charge on any atom is -0.341 e. The van der Waals surface area contributed by atoms with Crippen molar-refractivity contribution in [1.82, 2.24) is 4.90 Å². The topological polar surface area (TPSA) is 54.5 Å². The molecule has 0 fully saturated rings. The maximum atomic E-state index is 12.3. The first-order valence-corrected chi connectivity index (χ1v) is 10.9. The molecular formula is C18H20ClNO3S2. The Bertz CT molecular complexity index is 818. The molecule has 0 aliphatic rings. The van der Waals surface area contributed by atoms with Crippen molar-refractivity contribution in [1.29, 1.82) is 0 Å². The molecule has 0 aromatic heterocycles. The summed E-state index contributed by atoms with van der Waals surface area (Å²) in [5.74, 6) is -0.421. The van der Waals surface area contributed by atoms with Crippen LogP contribution in [0.5, 0.6) is 0 Å². The molecule has 0 bridgehead atoms. The SMILES string of the molecule is CSc1ccc(CN(C)C(=O)CCS(=O)(=O)c2ccc(Cl)cc2)cc1. The Kier molecular flexibility index (Phi) is 6.93. The first-order chi connectivity index (χ1) is 11.8. The molecule has 0 heterocycles. The molecule has 0 aliphatic heterocycles. The Morgan fingerprint density at radius 3 is 2.24 bits per heavy atom. The van der Waals surface area contributed by atoms with Gasteiger partial charge in [-0.2, -0.15) is 0 Å². The van der Waals surface area contributed by atoms with Crippen molar-refractivity contribution in [3.8, 4) is 0 Å². The van der Waals surface area contributed by atoms with Crippen LogP contribution in [0.25, 0.3) is 0 Å². The van der Waals surface area contributed by atoms with Gasteiger partial charge in [-0.15, -0.1) is 11.8 Å². The normalized spacial score (nSPS) is 11.3. The number of hydrogen-bond acceptors (Lipinski definition) is 4. The van der Waals surface area contributed by atoms with Gasteiger partial charge in [0.1, 0.15) is 0 Å². The smallest absolute Gasteiger partial charge is 0.223 e. The molecular weight excluding hydrogens is 378 g/mol. The zero-order valence-corrected chi connectivity index (χ0v) is 16.5. The van der Waals surface area contributed by atoms with Crippen LogP contribution < -0.4 is 0 Å². The summed E-state index contributed by atoms with van der Waals surface area (Å²) in [6, 6.07) is 13.9. The molecule has 4 nitrogen and oxygen atoms in total. The minimum atomic E-state index is -3.50. The van der Waals surface area contributed by atoms with Crippen molar-refractivity contribution in [3.63, 3.8) is 0 Å². The van der Waals surface area contributed by atoms with Gasteiger partial charge in [-0.1, -0.05) is 23.7 Å². The minimum absolute atomic E-state index is 0.0512. The van der Waals surface area contributed by atoms with E-state index >= 15 is 0 Å². The summed E-state index contributed by atoms with van der Waals surface area (Å²) in [5.41, 5.74) is 1.01. The van der Waals surface area contributed by atoms with E-state index in [2.05, 4.69) is 0 Å². The molecule has 25 heavy (non-hydrogen) atoms. The summed E-state index contributed by atoms with van der Waals surface area (Å²) in [7, 11) is -1.82. The highest BCUT2D eigenvalue weighted by Gasteiger charge is 2.18. The van der Waals surface area contributed by atoms with E-state index in [9.17, 15) is 13.2 Å². The lowest BCUT2D eigenvalue weighted by Crippen LogP contribution is -2.28. The monoisotopic (exact) mass is 397 g/mol. The molecule has 0 atom stereocenters. The highest BCUT2D eigenvalue weighted by Crippen LogP contribution is 2.17. The molecule has 0 aliphatic carbocycles. The van der Waals surface area contributed by atoms with Gasteiger partial charge in [-0.05, 0) is 48.2 Å². The number of thioether (sulfide) groups is 1. The predicted molar refractivity (Wildman–Crippen MR) is 103 cm³/mol. The number of nitrogens with zero attached hydrogens (tertiary/aromatic N) is 1. The van der Waals surface area contributed by atoms with Gasteiger partial charge < -0.3 is 4.90 Å². The Hall–Kier alpha value is -1.50. The summed E-state index contributed by atoms with van der Waals surface area (Å²) in [6.45, 7) is 0.453. The first-order valence-electron chi connectivity index (χ1n) is 7.67. The Morgan fingerprint density at radius 1 is 1.08 bits per heavy atom. The molecule has 0 saturated heterocycles. The average Bonchev–Trinajstić information content (AvgIpc) is 2.60. The number of carbonyl (C=O) groups excluding carboxylic acids is 1. The molecule has 2 aromatic carbocycles. The Morgan fingerprint density at radius 2 is 1.68 bits per heavy atom. The summed E-state index contributed by atoms with van der Waals surface area (Å²) >= 11 is 7.43. The molecule has 134 valence electrons. The van der Waals surface area contributed by atoms with Crippen LogP contribution in [0.1, 0.15) is 12.0 Å². The molecule has 0 unspecified atom stereocenters. The van der Waals surface area contributed by atoms with Crippen LogP contribution in [0.15, 0.2) is 58.3 Å². The van der Waals surface area contributed by atoms with Gasteiger partial charge in [0, 0.05) is 29.9 Å². The molecule has 7 heteroatoms. The Labute approximate surface area is 158 Å². The third kappa shape index (κ3) is 5.76. The first kappa shape index (κ1) is 19.8. The highest BCUT2D eigenvalue weighted by molar-refractivity contribution is 7.98. The summed E-state index contributed by atoms with van der Waals surface area (Å²) in [4.78, 5) is 15.1. The highest BCUT2D eigenvalue weighted by atomic mass is 35.5. The Balaban J connectivity index is 1.92.